The second kappa shape index (κ2) is 9.82. The van der Waals surface area contributed by atoms with Gasteiger partial charge in [0.2, 0.25) is 0 Å². The van der Waals surface area contributed by atoms with Crippen LogP contribution in [0.2, 0.25) is 0 Å². The van der Waals surface area contributed by atoms with E-state index in [1.807, 2.05) is 44.7 Å². The number of hydrogen-bond donors (Lipinski definition) is 1. The van der Waals surface area contributed by atoms with E-state index in [-0.39, 0.29) is 22.7 Å². The lowest BCUT2D eigenvalue weighted by Crippen LogP contribution is -2.61. The van der Waals surface area contributed by atoms with Crippen molar-refractivity contribution in [1.82, 2.24) is 14.9 Å². The molecule has 5 rings (SSSR count). The Balaban J connectivity index is 1.41. The van der Waals surface area contributed by atoms with Crippen molar-refractivity contribution in [1.29, 1.82) is 0 Å². The predicted molar refractivity (Wildman–Crippen MR) is 158 cm³/mol. The molecule has 41 heavy (non-hydrogen) atoms. The number of halogens is 1. The van der Waals surface area contributed by atoms with E-state index in [0.717, 1.165) is 28.5 Å². The van der Waals surface area contributed by atoms with Gasteiger partial charge in [-0.25, -0.2) is 19.2 Å². The lowest BCUT2D eigenvalue weighted by atomic mass is 9.91. The van der Waals surface area contributed by atoms with Crippen LogP contribution in [0.5, 0.6) is 0 Å². The van der Waals surface area contributed by atoms with Gasteiger partial charge in [0.15, 0.2) is 0 Å². The molecule has 0 unspecified atom stereocenters. The summed E-state index contributed by atoms with van der Waals surface area (Å²) in [6.07, 6.45) is 0. The van der Waals surface area contributed by atoms with Gasteiger partial charge in [-0.15, -0.1) is 0 Å². The molecule has 1 N–H and O–H groups in total. The third kappa shape index (κ3) is 4.81. The van der Waals surface area contributed by atoms with E-state index in [0.29, 0.717) is 48.7 Å². The number of piperazine rings is 1. The van der Waals surface area contributed by atoms with Crippen LogP contribution < -0.4 is 9.80 Å². The highest BCUT2D eigenvalue weighted by molar-refractivity contribution is 5.94. The third-order valence-corrected chi connectivity index (χ3v) is 8.61. The number of nitrogens with zero attached hydrogens (tertiary/aromatic N) is 5. The minimum Gasteiger partial charge on any atom is -0.478 e. The third-order valence-electron chi connectivity index (χ3n) is 8.61. The first-order valence-corrected chi connectivity index (χ1v) is 14.0. The number of carbonyl (C=O) groups excluding carboxylic acids is 1. The highest BCUT2D eigenvalue weighted by Crippen LogP contribution is 2.43. The monoisotopic (exact) mass is 559 g/mol. The van der Waals surface area contributed by atoms with Crippen LogP contribution in [-0.4, -0.2) is 63.6 Å². The van der Waals surface area contributed by atoms with Crippen molar-refractivity contribution < 1.29 is 19.1 Å². The average Bonchev–Trinajstić information content (AvgIpc) is 3.16. The normalized spacial score (nSPS) is 17.5. The molecule has 4 heterocycles. The number of aryl methyl sites for hydroxylation is 2. The van der Waals surface area contributed by atoms with Gasteiger partial charge in [-0.3, -0.25) is 4.79 Å². The second-order valence-corrected chi connectivity index (χ2v) is 12.6. The van der Waals surface area contributed by atoms with Gasteiger partial charge in [0, 0.05) is 37.3 Å². The average molecular weight is 560 g/mol. The number of aromatic carboxylic acids is 1. The van der Waals surface area contributed by atoms with Gasteiger partial charge in [0.25, 0.3) is 5.91 Å². The molecule has 0 atom stereocenters. The maximum atomic E-state index is 14.4. The topological polar surface area (TPSA) is 89.9 Å². The number of benzene rings is 1. The quantitative estimate of drug-likeness (QED) is 0.437. The van der Waals surface area contributed by atoms with Crippen molar-refractivity contribution in [3.8, 4) is 0 Å². The number of rotatable bonds is 4. The Hall–Kier alpha value is -4.01. The molecule has 9 heteroatoms. The number of amides is 1. The molecule has 0 bridgehead atoms. The number of anilines is 3. The summed E-state index contributed by atoms with van der Waals surface area (Å²) in [5.41, 5.74) is 4.89. The fourth-order valence-corrected chi connectivity index (χ4v) is 6.22. The molecule has 0 spiro atoms. The summed E-state index contributed by atoms with van der Waals surface area (Å²) in [6.45, 7) is 17.7. The summed E-state index contributed by atoms with van der Waals surface area (Å²) in [5.74, 6) is -0.595. The van der Waals surface area contributed by atoms with Crippen molar-refractivity contribution in [3.05, 3.63) is 75.5 Å². The number of fused-ring (bicyclic) bond motifs is 1. The molecular formula is C32H38FN5O3. The zero-order valence-corrected chi connectivity index (χ0v) is 25.1. The van der Waals surface area contributed by atoms with Crippen LogP contribution in [0, 0.1) is 33.5 Å². The first-order chi connectivity index (χ1) is 19.1. The van der Waals surface area contributed by atoms with Gasteiger partial charge < -0.3 is 19.8 Å². The number of aromatic nitrogens is 2. The van der Waals surface area contributed by atoms with E-state index in [1.165, 1.54) is 0 Å². The maximum Gasteiger partial charge on any atom is 0.337 e. The van der Waals surface area contributed by atoms with Gasteiger partial charge in [0.05, 0.1) is 28.2 Å². The van der Waals surface area contributed by atoms with Gasteiger partial charge in [0.1, 0.15) is 17.3 Å². The molecule has 1 saturated heterocycles. The molecule has 216 valence electrons. The minimum atomic E-state index is -0.975. The van der Waals surface area contributed by atoms with E-state index >= 15 is 0 Å². The van der Waals surface area contributed by atoms with Crippen LogP contribution in [0.25, 0.3) is 0 Å². The Morgan fingerprint density at radius 3 is 2.27 bits per heavy atom. The highest BCUT2D eigenvalue weighted by Gasteiger charge is 2.41. The van der Waals surface area contributed by atoms with Crippen LogP contribution in [0.1, 0.15) is 76.6 Å². The number of hydrogen-bond acceptors (Lipinski definition) is 6. The van der Waals surface area contributed by atoms with E-state index in [4.69, 9.17) is 4.98 Å². The van der Waals surface area contributed by atoms with Crippen molar-refractivity contribution in [3.63, 3.8) is 0 Å². The summed E-state index contributed by atoms with van der Waals surface area (Å²) in [4.78, 5) is 41.3. The van der Waals surface area contributed by atoms with Gasteiger partial charge >= 0.3 is 5.97 Å². The summed E-state index contributed by atoms with van der Waals surface area (Å²) in [6, 6.07) is 8.94. The molecule has 1 amide bonds. The lowest BCUT2D eigenvalue weighted by molar-refractivity contribution is 0.0506. The second-order valence-electron chi connectivity index (χ2n) is 12.6. The summed E-state index contributed by atoms with van der Waals surface area (Å²) < 4.78 is 14.4. The zero-order valence-electron chi connectivity index (χ0n) is 25.1. The standard InChI is InChI=1S/C32H38FN5O3/c1-18-9-10-22(15-23(18)33)37-16-31(5,6)27-25(37)12-11-24(35-27)29(39)38-14-13-36(17-32(38,7)8)28-20(3)19(2)26(30(40)41)21(4)34-28/h9-12,15H,13-14,16-17H2,1-8H3,(H,40,41). The first kappa shape index (κ1) is 28.5. The molecular weight excluding hydrogens is 521 g/mol. The number of carboxylic acids is 1. The van der Waals surface area contributed by atoms with Gasteiger partial charge in [-0.1, -0.05) is 19.9 Å². The van der Waals surface area contributed by atoms with Crippen molar-refractivity contribution in [2.24, 2.45) is 0 Å². The Morgan fingerprint density at radius 2 is 1.63 bits per heavy atom. The molecule has 1 fully saturated rings. The van der Waals surface area contributed by atoms with E-state index in [9.17, 15) is 19.1 Å². The molecule has 2 aliphatic heterocycles. The molecule has 3 aromatic rings. The Labute approximate surface area is 240 Å². The predicted octanol–water partition coefficient (Wildman–Crippen LogP) is 5.72. The van der Waals surface area contributed by atoms with Crippen LogP contribution in [-0.2, 0) is 5.41 Å². The number of carboxylic acid groups (broad SMARTS) is 1. The molecule has 0 radical (unpaired) electrons. The van der Waals surface area contributed by atoms with Gasteiger partial charge in [-0.05, 0) is 82.5 Å². The minimum absolute atomic E-state index is 0.133. The molecule has 2 aromatic heterocycles. The molecule has 8 nitrogen and oxygen atoms in total. The SMILES string of the molecule is Cc1ccc(N2CC(C)(C)c3nc(C(=O)N4CCN(c5nc(C)c(C(=O)O)c(C)c5C)CC4(C)C)ccc32)cc1F. The van der Waals surface area contributed by atoms with Gasteiger partial charge in [-0.2, -0.15) is 0 Å². The van der Waals surface area contributed by atoms with Crippen LogP contribution in [0.15, 0.2) is 30.3 Å². The summed E-state index contributed by atoms with van der Waals surface area (Å²) in [5, 5.41) is 9.62. The highest BCUT2D eigenvalue weighted by atomic mass is 19.1. The van der Waals surface area contributed by atoms with E-state index in [2.05, 4.69) is 28.6 Å². The lowest BCUT2D eigenvalue weighted by Gasteiger charge is -2.47. The van der Waals surface area contributed by atoms with Crippen molar-refractivity contribution >= 4 is 29.1 Å². The molecule has 1 aromatic carbocycles. The summed E-state index contributed by atoms with van der Waals surface area (Å²) in [7, 11) is 0. The molecule has 0 aliphatic carbocycles. The molecule has 0 saturated carbocycles. The largest absolute Gasteiger partial charge is 0.478 e. The van der Waals surface area contributed by atoms with Crippen LogP contribution >= 0.6 is 0 Å². The van der Waals surface area contributed by atoms with E-state index in [1.54, 1.807) is 32.0 Å². The zero-order chi connectivity index (χ0) is 30.0. The Kier molecular flexibility index (Phi) is 6.83. The number of pyridine rings is 2. The maximum absolute atomic E-state index is 14.4. The Bertz CT molecular complexity index is 1580. The fourth-order valence-electron chi connectivity index (χ4n) is 6.22. The molecule has 2 aliphatic rings. The first-order valence-electron chi connectivity index (χ1n) is 14.0. The summed E-state index contributed by atoms with van der Waals surface area (Å²) >= 11 is 0. The van der Waals surface area contributed by atoms with Crippen LogP contribution in [0.4, 0.5) is 21.6 Å². The number of carbonyl (C=O) groups is 2. The van der Waals surface area contributed by atoms with Crippen molar-refractivity contribution in [2.45, 2.75) is 66.3 Å². The van der Waals surface area contributed by atoms with Crippen molar-refractivity contribution in [2.75, 3.05) is 36.0 Å². The Morgan fingerprint density at radius 1 is 0.927 bits per heavy atom. The van der Waals surface area contributed by atoms with E-state index < -0.39 is 11.5 Å². The smallest absolute Gasteiger partial charge is 0.337 e. The fraction of sp³-hybridized carbons (Fsp3) is 0.438. The van der Waals surface area contributed by atoms with Crippen LogP contribution in [0.3, 0.4) is 0 Å².